The highest BCUT2D eigenvalue weighted by Gasteiger charge is 2.32. The van der Waals surface area contributed by atoms with Crippen LogP contribution in [0.2, 0.25) is 0 Å². The van der Waals surface area contributed by atoms with E-state index in [1.54, 1.807) is 18.2 Å². The van der Waals surface area contributed by atoms with Crippen molar-refractivity contribution in [3.05, 3.63) is 76.0 Å². The van der Waals surface area contributed by atoms with Gasteiger partial charge in [-0.1, -0.05) is 12.1 Å². The number of sulfonamides is 1. The summed E-state index contributed by atoms with van der Waals surface area (Å²) in [7, 11) is 0.281. The molecule has 0 spiro atoms. The van der Waals surface area contributed by atoms with Gasteiger partial charge in [0.15, 0.2) is 18.1 Å². The standard InChI is InChI=1S/C25H25N3O8S2/c1-33-20-9-7-16(38(26,31)32)12-17(20)25(30)36-14-24(29)28-19(13-18(27-28)23-5-4-10-37-23)15-6-8-21(34-2)22(11-15)35-3/h4-13,19,27H,14H2,1-3H3,(H2,26,31,32)/t19-/m0/s1. The number of hydrogen-bond donors (Lipinski definition) is 2. The lowest BCUT2D eigenvalue weighted by Crippen LogP contribution is -2.42. The predicted octanol–water partition coefficient (Wildman–Crippen LogP) is 2.71. The van der Waals surface area contributed by atoms with Crippen molar-refractivity contribution in [3.8, 4) is 17.2 Å². The van der Waals surface area contributed by atoms with E-state index in [0.29, 0.717) is 17.2 Å². The third-order valence-electron chi connectivity index (χ3n) is 5.69. The summed E-state index contributed by atoms with van der Waals surface area (Å²) in [5, 5.41) is 8.44. The second-order valence-corrected chi connectivity index (χ2v) is 10.5. The maximum atomic E-state index is 13.3. The van der Waals surface area contributed by atoms with Crippen LogP contribution in [-0.2, 0) is 19.6 Å². The van der Waals surface area contributed by atoms with Crippen LogP contribution in [0.3, 0.4) is 0 Å². The van der Waals surface area contributed by atoms with Gasteiger partial charge in [-0.2, -0.15) is 0 Å². The lowest BCUT2D eigenvalue weighted by atomic mass is 10.0. The fraction of sp³-hybridized carbons (Fsp3) is 0.200. The molecule has 3 N–H and O–H groups in total. The Hall–Kier alpha value is -4.07. The summed E-state index contributed by atoms with van der Waals surface area (Å²) < 4.78 is 44.6. The van der Waals surface area contributed by atoms with Gasteiger partial charge in [-0.3, -0.25) is 10.2 Å². The van der Waals surface area contributed by atoms with Crippen LogP contribution in [-0.4, -0.2) is 53.2 Å². The van der Waals surface area contributed by atoms with Gasteiger partial charge in [0, 0.05) is 0 Å². The Kier molecular flexibility index (Phi) is 7.90. The highest BCUT2D eigenvalue weighted by molar-refractivity contribution is 7.89. The minimum Gasteiger partial charge on any atom is -0.496 e. The van der Waals surface area contributed by atoms with Crippen LogP contribution in [0, 0.1) is 0 Å². The first-order valence-electron chi connectivity index (χ1n) is 11.1. The molecule has 1 aliphatic heterocycles. The number of amides is 1. The smallest absolute Gasteiger partial charge is 0.342 e. The molecule has 0 unspecified atom stereocenters. The van der Waals surface area contributed by atoms with Gasteiger partial charge < -0.3 is 18.9 Å². The van der Waals surface area contributed by atoms with Crippen molar-refractivity contribution in [1.29, 1.82) is 0 Å². The van der Waals surface area contributed by atoms with E-state index in [-0.39, 0.29) is 16.2 Å². The van der Waals surface area contributed by atoms with Gasteiger partial charge >= 0.3 is 5.97 Å². The molecule has 2 aromatic carbocycles. The third kappa shape index (κ3) is 5.59. The van der Waals surface area contributed by atoms with Gasteiger partial charge in [-0.15, -0.1) is 11.3 Å². The molecule has 0 saturated heterocycles. The van der Waals surface area contributed by atoms with E-state index in [9.17, 15) is 18.0 Å². The van der Waals surface area contributed by atoms with Crippen LogP contribution >= 0.6 is 11.3 Å². The van der Waals surface area contributed by atoms with E-state index in [1.807, 2.05) is 23.6 Å². The average Bonchev–Trinajstić information content (AvgIpc) is 3.61. The number of primary sulfonamides is 1. The Morgan fingerprint density at radius 2 is 1.71 bits per heavy atom. The number of nitrogens with zero attached hydrogens (tertiary/aromatic N) is 1. The molecule has 0 radical (unpaired) electrons. The zero-order valence-electron chi connectivity index (χ0n) is 20.7. The number of hydrazine groups is 1. The molecule has 1 aliphatic rings. The first-order valence-corrected chi connectivity index (χ1v) is 13.5. The molecule has 1 atom stereocenters. The average molecular weight is 560 g/mol. The fourth-order valence-corrected chi connectivity index (χ4v) is 5.08. The van der Waals surface area contributed by atoms with Crippen LogP contribution in [0.25, 0.3) is 5.70 Å². The first kappa shape index (κ1) is 27.0. The topological polar surface area (TPSA) is 146 Å². The highest BCUT2D eigenvalue weighted by Crippen LogP contribution is 2.37. The first-order chi connectivity index (χ1) is 18.2. The molecule has 0 saturated carbocycles. The number of benzene rings is 2. The maximum absolute atomic E-state index is 13.3. The number of ether oxygens (including phenoxy) is 4. The van der Waals surface area contributed by atoms with E-state index >= 15 is 0 Å². The van der Waals surface area contributed by atoms with Crippen LogP contribution < -0.4 is 24.8 Å². The van der Waals surface area contributed by atoms with Crippen LogP contribution in [0.5, 0.6) is 17.2 Å². The van der Waals surface area contributed by atoms with Crippen LogP contribution in [0.1, 0.15) is 26.8 Å². The zero-order valence-corrected chi connectivity index (χ0v) is 22.3. The van der Waals surface area contributed by atoms with Gasteiger partial charge in [0.05, 0.1) is 42.8 Å². The summed E-state index contributed by atoms with van der Waals surface area (Å²) >= 11 is 1.50. The van der Waals surface area contributed by atoms with Gasteiger partial charge in [0.25, 0.3) is 5.91 Å². The largest absolute Gasteiger partial charge is 0.496 e. The van der Waals surface area contributed by atoms with Crippen molar-refractivity contribution < 1.29 is 37.0 Å². The second-order valence-electron chi connectivity index (χ2n) is 7.98. The number of rotatable bonds is 9. The molecule has 1 aromatic heterocycles. The predicted molar refractivity (Wildman–Crippen MR) is 139 cm³/mol. The minimum atomic E-state index is -4.08. The number of nitrogens with one attached hydrogen (secondary N) is 1. The molecular formula is C25H25N3O8S2. The Labute approximate surface area is 223 Å². The Bertz CT molecular complexity index is 1490. The summed E-state index contributed by atoms with van der Waals surface area (Å²) in [5.41, 5.74) is 4.35. The van der Waals surface area contributed by atoms with E-state index < -0.39 is 34.5 Å². The van der Waals surface area contributed by atoms with E-state index in [1.165, 1.54) is 49.8 Å². The minimum absolute atomic E-state index is 0.0685. The van der Waals surface area contributed by atoms with Gasteiger partial charge in [-0.05, 0) is 53.4 Å². The lowest BCUT2D eigenvalue weighted by Gasteiger charge is -2.25. The zero-order chi connectivity index (χ0) is 27.4. The maximum Gasteiger partial charge on any atom is 0.342 e. The summed E-state index contributed by atoms with van der Waals surface area (Å²) in [5.74, 6) is -0.411. The SMILES string of the molecule is COc1ccc([C@@H]2C=C(c3cccs3)NN2C(=O)COC(=O)c2cc(S(N)(=O)=O)ccc2OC)cc1OC. The van der Waals surface area contributed by atoms with Crippen molar-refractivity contribution in [2.75, 3.05) is 27.9 Å². The summed E-state index contributed by atoms with van der Waals surface area (Å²) in [6.07, 6.45) is 1.88. The molecule has 13 heteroatoms. The van der Waals surface area contributed by atoms with Crippen LogP contribution in [0.4, 0.5) is 0 Å². The van der Waals surface area contributed by atoms with Crippen molar-refractivity contribution in [2.24, 2.45) is 5.14 Å². The number of nitrogens with two attached hydrogens (primary N) is 1. The van der Waals surface area contributed by atoms with Crippen molar-refractivity contribution in [1.82, 2.24) is 10.4 Å². The van der Waals surface area contributed by atoms with Crippen LogP contribution in [0.15, 0.2) is 64.9 Å². The van der Waals surface area contributed by atoms with Gasteiger partial charge in [-0.25, -0.2) is 23.4 Å². The number of hydrogen-bond acceptors (Lipinski definition) is 10. The monoisotopic (exact) mass is 559 g/mol. The van der Waals surface area contributed by atoms with Crippen molar-refractivity contribution in [3.63, 3.8) is 0 Å². The quantitative estimate of drug-likeness (QED) is 0.378. The summed E-state index contributed by atoms with van der Waals surface area (Å²) in [6.45, 7) is -0.635. The van der Waals surface area contributed by atoms with Gasteiger partial charge in [0.1, 0.15) is 11.3 Å². The second kappa shape index (κ2) is 11.1. The molecule has 2 heterocycles. The van der Waals surface area contributed by atoms with E-state index in [4.69, 9.17) is 24.1 Å². The van der Waals surface area contributed by atoms with E-state index in [2.05, 4.69) is 5.43 Å². The van der Waals surface area contributed by atoms with Crippen molar-refractivity contribution in [2.45, 2.75) is 10.9 Å². The van der Waals surface area contributed by atoms with E-state index in [0.717, 1.165) is 16.5 Å². The molecule has 4 rings (SSSR count). The molecule has 0 aliphatic carbocycles. The molecule has 0 bridgehead atoms. The summed E-state index contributed by atoms with van der Waals surface area (Å²) in [6, 6.07) is 12.1. The molecule has 11 nitrogen and oxygen atoms in total. The molecule has 0 fully saturated rings. The number of methoxy groups -OCH3 is 3. The lowest BCUT2D eigenvalue weighted by molar-refractivity contribution is -0.137. The highest BCUT2D eigenvalue weighted by atomic mass is 32.2. The molecule has 200 valence electrons. The normalized spacial score (nSPS) is 14.9. The summed E-state index contributed by atoms with van der Waals surface area (Å²) in [4.78, 5) is 26.7. The Balaban J connectivity index is 1.58. The Morgan fingerprint density at radius 3 is 2.34 bits per heavy atom. The number of carbonyl (C=O) groups is 2. The Morgan fingerprint density at radius 1 is 1.00 bits per heavy atom. The molecule has 1 amide bonds. The van der Waals surface area contributed by atoms with Gasteiger partial charge in [0.2, 0.25) is 10.0 Å². The number of thiophene rings is 1. The van der Waals surface area contributed by atoms with Crippen molar-refractivity contribution >= 4 is 38.9 Å². The molecular weight excluding hydrogens is 534 g/mol. The molecule has 3 aromatic rings. The third-order valence-corrected chi connectivity index (χ3v) is 7.51. The number of esters is 1. The fourth-order valence-electron chi connectivity index (χ4n) is 3.84. The number of carbonyl (C=O) groups excluding carboxylic acids is 2. The molecule has 38 heavy (non-hydrogen) atoms.